The zero-order valence-electron chi connectivity index (χ0n) is 17.2. The number of amides is 2. The van der Waals surface area contributed by atoms with Crippen LogP contribution < -0.4 is 4.72 Å². The van der Waals surface area contributed by atoms with E-state index in [2.05, 4.69) is 9.82 Å². The topological polar surface area (TPSA) is 117 Å². The maximum Gasteiger partial charge on any atom is 0.409 e. The lowest BCUT2D eigenvalue weighted by atomic mass is 9.99. The van der Waals surface area contributed by atoms with E-state index in [1.165, 1.54) is 7.05 Å². The molecule has 0 aromatic carbocycles. The molecule has 2 fully saturated rings. The second-order valence-electron chi connectivity index (χ2n) is 7.30. The van der Waals surface area contributed by atoms with Crippen molar-refractivity contribution in [3.63, 3.8) is 0 Å². The minimum absolute atomic E-state index is 0.257. The number of carbonyl (C=O) groups is 2. The van der Waals surface area contributed by atoms with Crippen LogP contribution in [-0.2, 0) is 26.8 Å². The van der Waals surface area contributed by atoms with E-state index < -0.39 is 28.4 Å². The molecule has 0 spiro atoms. The summed E-state index contributed by atoms with van der Waals surface area (Å²) in [4.78, 5) is 28.2. The molecular weight excluding hydrogens is 400 g/mol. The molecule has 12 heteroatoms. The van der Waals surface area contributed by atoms with Crippen molar-refractivity contribution in [1.29, 1.82) is 0 Å². The van der Waals surface area contributed by atoms with Crippen molar-refractivity contribution in [2.24, 2.45) is 7.05 Å². The quantitative estimate of drug-likeness (QED) is 0.701. The van der Waals surface area contributed by atoms with Crippen LogP contribution in [0.2, 0.25) is 0 Å². The van der Waals surface area contributed by atoms with Gasteiger partial charge in [-0.3, -0.25) is 9.48 Å². The van der Waals surface area contributed by atoms with Crippen LogP contribution in [0.15, 0.2) is 6.20 Å². The van der Waals surface area contributed by atoms with Crippen molar-refractivity contribution >= 4 is 22.2 Å². The Morgan fingerprint density at radius 1 is 1.21 bits per heavy atom. The number of aromatic nitrogens is 2. The predicted molar refractivity (Wildman–Crippen MR) is 104 cm³/mol. The fourth-order valence-corrected chi connectivity index (χ4v) is 5.05. The lowest BCUT2D eigenvalue weighted by molar-refractivity contribution is -0.137. The molecule has 162 valence electrons. The van der Waals surface area contributed by atoms with Gasteiger partial charge in [-0.2, -0.15) is 22.5 Å². The van der Waals surface area contributed by atoms with Crippen LogP contribution in [0.5, 0.6) is 0 Å². The highest BCUT2D eigenvalue weighted by atomic mass is 32.2. The smallest absolute Gasteiger partial charge is 0.409 e. The molecular formula is C17H28N6O5S. The summed E-state index contributed by atoms with van der Waals surface area (Å²) >= 11 is 0. The van der Waals surface area contributed by atoms with Crippen molar-refractivity contribution in [3.8, 4) is 0 Å². The number of likely N-dealkylation sites (N-methyl/N-ethyl adjacent to an activating group) is 1. The average molecular weight is 429 g/mol. The number of hydrogen-bond donors (Lipinski definition) is 1. The first-order chi connectivity index (χ1) is 13.6. The summed E-state index contributed by atoms with van der Waals surface area (Å²) in [6.45, 7) is 5.25. The highest BCUT2D eigenvalue weighted by Crippen LogP contribution is 2.30. The van der Waals surface area contributed by atoms with E-state index >= 15 is 0 Å². The SMILES string of the molecule is CCOC(=O)N1CCN(C(=O)[C@H]2C[C@@H](c3cn(C)nc3C)NS(=O)(=O)N2C)CC1. The Balaban J connectivity index is 1.73. The van der Waals surface area contributed by atoms with Gasteiger partial charge in [0.15, 0.2) is 0 Å². The summed E-state index contributed by atoms with van der Waals surface area (Å²) in [5, 5.41) is 4.28. The zero-order chi connectivity index (χ0) is 21.3. The van der Waals surface area contributed by atoms with Crippen molar-refractivity contribution in [2.75, 3.05) is 39.8 Å². The third kappa shape index (κ3) is 4.38. The number of nitrogens with one attached hydrogen (secondary N) is 1. The molecule has 0 radical (unpaired) electrons. The second kappa shape index (κ2) is 8.28. The number of rotatable bonds is 3. The van der Waals surface area contributed by atoms with E-state index in [4.69, 9.17) is 4.74 Å². The zero-order valence-corrected chi connectivity index (χ0v) is 18.0. The van der Waals surface area contributed by atoms with Crippen molar-refractivity contribution in [3.05, 3.63) is 17.5 Å². The fourth-order valence-electron chi connectivity index (χ4n) is 3.79. The van der Waals surface area contributed by atoms with Gasteiger partial charge < -0.3 is 14.5 Å². The van der Waals surface area contributed by atoms with Crippen molar-refractivity contribution < 1.29 is 22.7 Å². The van der Waals surface area contributed by atoms with Gasteiger partial charge in [0.05, 0.1) is 18.3 Å². The third-order valence-electron chi connectivity index (χ3n) is 5.40. The van der Waals surface area contributed by atoms with Crippen LogP contribution in [-0.4, -0.2) is 90.2 Å². The second-order valence-corrected chi connectivity index (χ2v) is 9.06. The summed E-state index contributed by atoms with van der Waals surface area (Å²) in [5.74, 6) is -0.257. The molecule has 11 nitrogen and oxygen atoms in total. The molecule has 3 rings (SSSR count). The van der Waals surface area contributed by atoms with Crippen LogP contribution in [0.1, 0.15) is 30.6 Å². The van der Waals surface area contributed by atoms with E-state index in [-0.39, 0.29) is 5.91 Å². The summed E-state index contributed by atoms with van der Waals surface area (Å²) in [6, 6.07) is -1.35. The van der Waals surface area contributed by atoms with Crippen LogP contribution in [0.25, 0.3) is 0 Å². The Bertz CT molecular complexity index is 877. The number of carbonyl (C=O) groups excluding carboxylic acids is 2. The van der Waals surface area contributed by atoms with Crippen molar-refractivity contribution in [2.45, 2.75) is 32.4 Å². The summed E-state index contributed by atoms with van der Waals surface area (Å²) < 4.78 is 35.6. The predicted octanol–water partition coefficient (Wildman–Crippen LogP) is -0.391. The highest BCUT2D eigenvalue weighted by molar-refractivity contribution is 7.87. The van der Waals surface area contributed by atoms with Gasteiger partial charge in [0.2, 0.25) is 5.91 Å². The van der Waals surface area contributed by atoms with Gasteiger partial charge in [-0.1, -0.05) is 0 Å². The monoisotopic (exact) mass is 428 g/mol. The molecule has 2 aliphatic rings. The molecule has 29 heavy (non-hydrogen) atoms. The third-order valence-corrected chi connectivity index (χ3v) is 6.99. The lowest BCUT2D eigenvalue weighted by Gasteiger charge is -2.40. The number of aryl methyl sites for hydroxylation is 2. The standard InChI is InChI=1S/C17H28N6O5S/c1-5-28-17(25)23-8-6-22(7-9-23)16(24)15-10-14(19-29(26,27)21(15)4)13-11-20(3)18-12(13)2/h11,14-15,19H,5-10H2,1-4H3/t14-,15+/m0/s1. The lowest BCUT2D eigenvalue weighted by Crippen LogP contribution is -2.60. The fraction of sp³-hybridized carbons (Fsp3) is 0.706. The van der Waals surface area contributed by atoms with Gasteiger partial charge in [-0.15, -0.1) is 0 Å². The number of piperazine rings is 1. The Morgan fingerprint density at radius 2 is 1.83 bits per heavy atom. The van der Waals surface area contributed by atoms with Crippen LogP contribution in [0.4, 0.5) is 4.79 Å². The molecule has 0 bridgehead atoms. The normalized spacial score (nSPS) is 25.1. The van der Waals surface area contributed by atoms with E-state index in [9.17, 15) is 18.0 Å². The van der Waals surface area contributed by atoms with Gasteiger partial charge in [-0.25, -0.2) is 4.79 Å². The first-order valence-corrected chi connectivity index (χ1v) is 11.0. The maximum atomic E-state index is 13.2. The molecule has 2 aliphatic heterocycles. The van der Waals surface area contributed by atoms with Gasteiger partial charge in [0.1, 0.15) is 6.04 Å². The van der Waals surface area contributed by atoms with Crippen LogP contribution in [0.3, 0.4) is 0 Å². The largest absolute Gasteiger partial charge is 0.450 e. The van der Waals surface area contributed by atoms with Gasteiger partial charge >= 0.3 is 6.09 Å². The Hall–Kier alpha value is -2.18. The molecule has 3 heterocycles. The van der Waals surface area contributed by atoms with Gasteiger partial charge in [0.25, 0.3) is 10.2 Å². The summed E-state index contributed by atoms with van der Waals surface area (Å²) in [5.41, 5.74) is 1.48. The molecule has 2 amide bonds. The molecule has 0 aliphatic carbocycles. The molecule has 0 saturated carbocycles. The number of ether oxygens (including phenoxy) is 1. The Kier molecular flexibility index (Phi) is 6.15. The van der Waals surface area contributed by atoms with Gasteiger partial charge in [-0.05, 0) is 20.3 Å². The minimum atomic E-state index is -3.82. The van der Waals surface area contributed by atoms with E-state index in [1.54, 1.807) is 34.6 Å². The Morgan fingerprint density at radius 3 is 2.38 bits per heavy atom. The summed E-state index contributed by atoms with van der Waals surface area (Å²) in [6.07, 6.45) is 1.68. The summed E-state index contributed by atoms with van der Waals surface area (Å²) in [7, 11) is -0.638. The molecule has 2 atom stereocenters. The average Bonchev–Trinajstić information content (AvgIpc) is 3.01. The van der Waals surface area contributed by atoms with Gasteiger partial charge in [0, 0.05) is 52.0 Å². The molecule has 2 saturated heterocycles. The Labute approximate surface area is 170 Å². The minimum Gasteiger partial charge on any atom is -0.450 e. The van der Waals surface area contributed by atoms with E-state index in [0.29, 0.717) is 39.2 Å². The first kappa shape index (κ1) is 21.5. The van der Waals surface area contributed by atoms with E-state index in [0.717, 1.165) is 15.6 Å². The van der Waals surface area contributed by atoms with Crippen LogP contribution in [0, 0.1) is 6.92 Å². The highest BCUT2D eigenvalue weighted by Gasteiger charge is 2.43. The molecule has 1 aromatic rings. The maximum absolute atomic E-state index is 13.2. The molecule has 1 aromatic heterocycles. The number of hydrogen-bond acceptors (Lipinski definition) is 6. The molecule has 0 unspecified atom stereocenters. The van der Waals surface area contributed by atoms with Crippen LogP contribution >= 0.6 is 0 Å². The molecule has 1 N–H and O–H groups in total. The van der Waals surface area contributed by atoms with Crippen molar-refractivity contribution in [1.82, 2.24) is 28.6 Å². The van der Waals surface area contributed by atoms with E-state index in [1.807, 2.05) is 6.92 Å². The first-order valence-electron chi connectivity index (χ1n) is 9.60. The number of nitrogens with zero attached hydrogens (tertiary/aromatic N) is 5.